The molecule has 0 bridgehead atoms. The molecule has 0 aliphatic heterocycles. The SMILES string of the molecule is Nc1ncccc1C(=O)NCc1ccc(-c2ccccc2)cc1. The van der Waals surface area contributed by atoms with Crippen LogP contribution in [0.15, 0.2) is 72.9 Å². The quantitative estimate of drug-likeness (QED) is 0.777. The summed E-state index contributed by atoms with van der Waals surface area (Å²) in [5, 5.41) is 2.86. The van der Waals surface area contributed by atoms with Gasteiger partial charge in [-0.15, -0.1) is 0 Å². The van der Waals surface area contributed by atoms with Gasteiger partial charge in [0.2, 0.25) is 0 Å². The van der Waals surface area contributed by atoms with Gasteiger partial charge in [-0.1, -0.05) is 54.6 Å². The fourth-order valence-electron chi connectivity index (χ4n) is 2.33. The summed E-state index contributed by atoms with van der Waals surface area (Å²) in [5.74, 6) is 0.0205. The molecule has 2 aromatic carbocycles. The highest BCUT2D eigenvalue weighted by molar-refractivity contribution is 5.98. The lowest BCUT2D eigenvalue weighted by atomic mass is 10.0. The molecule has 0 atom stereocenters. The van der Waals surface area contributed by atoms with Gasteiger partial charge < -0.3 is 11.1 Å². The number of hydrogen-bond donors (Lipinski definition) is 2. The van der Waals surface area contributed by atoms with Crippen molar-refractivity contribution in [2.75, 3.05) is 5.73 Å². The Morgan fingerprint density at radius 3 is 2.30 bits per heavy atom. The van der Waals surface area contributed by atoms with Crippen molar-refractivity contribution in [2.45, 2.75) is 6.54 Å². The number of nitrogens with one attached hydrogen (secondary N) is 1. The number of nitrogens with two attached hydrogens (primary N) is 1. The number of rotatable bonds is 4. The second kappa shape index (κ2) is 6.75. The molecule has 3 rings (SSSR count). The highest BCUT2D eigenvalue weighted by Gasteiger charge is 2.09. The number of hydrogen-bond acceptors (Lipinski definition) is 3. The summed E-state index contributed by atoms with van der Waals surface area (Å²) in [6, 6.07) is 21.6. The van der Waals surface area contributed by atoms with Crippen LogP contribution < -0.4 is 11.1 Å². The van der Waals surface area contributed by atoms with Crippen LogP contribution in [0.25, 0.3) is 11.1 Å². The molecule has 0 aliphatic carbocycles. The normalized spacial score (nSPS) is 10.3. The molecule has 23 heavy (non-hydrogen) atoms. The number of benzene rings is 2. The van der Waals surface area contributed by atoms with Crippen LogP contribution in [0.4, 0.5) is 5.82 Å². The summed E-state index contributed by atoms with van der Waals surface area (Å²) in [4.78, 5) is 16.0. The first-order valence-corrected chi connectivity index (χ1v) is 7.37. The molecule has 0 radical (unpaired) electrons. The molecular formula is C19H17N3O. The standard InChI is InChI=1S/C19H17N3O/c20-18-17(7-4-12-21-18)19(23)22-13-14-8-10-16(11-9-14)15-5-2-1-3-6-15/h1-12H,13H2,(H2,20,21)(H,22,23). The number of nitrogens with zero attached hydrogens (tertiary/aromatic N) is 1. The van der Waals surface area contributed by atoms with Gasteiger partial charge >= 0.3 is 0 Å². The molecule has 0 saturated heterocycles. The molecule has 4 heteroatoms. The van der Waals surface area contributed by atoms with Gasteiger partial charge in [-0.3, -0.25) is 4.79 Å². The van der Waals surface area contributed by atoms with E-state index in [-0.39, 0.29) is 11.7 Å². The maximum Gasteiger partial charge on any atom is 0.255 e. The number of nitrogen functional groups attached to an aromatic ring is 1. The van der Waals surface area contributed by atoms with E-state index < -0.39 is 0 Å². The zero-order valence-electron chi connectivity index (χ0n) is 12.6. The van der Waals surface area contributed by atoms with Crippen molar-refractivity contribution in [1.82, 2.24) is 10.3 Å². The van der Waals surface area contributed by atoms with Crippen LogP contribution in [0.2, 0.25) is 0 Å². The van der Waals surface area contributed by atoms with Crippen LogP contribution in [0.1, 0.15) is 15.9 Å². The van der Waals surface area contributed by atoms with Gasteiger partial charge in [0.15, 0.2) is 0 Å². The van der Waals surface area contributed by atoms with Crippen LogP contribution >= 0.6 is 0 Å². The van der Waals surface area contributed by atoms with E-state index in [1.807, 2.05) is 30.3 Å². The minimum Gasteiger partial charge on any atom is -0.383 e. The van der Waals surface area contributed by atoms with Crippen LogP contribution in [0.5, 0.6) is 0 Å². The predicted octanol–water partition coefficient (Wildman–Crippen LogP) is 3.26. The molecular weight excluding hydrogens is 286 g/mol. The largest absolute Gasteiger partial charge is 0.383 e. The summed E-state index contributed by atoms with van der Waals surface area (Å²) in [7, 11) is 0. The first kappa shape index (κ1) is 14.8. The van der Waals surface area contributed by atoms with E-state index in [1.165, 1.54) is 5.56 Å². The molecule has 1 amide bonds. The predicted molar refractivity (Wildman–Crippen MR) is 91.7 cm³/mol. The van der Waals surface area contributed by atoms with E-state index >= 15 is 0 Å². The van der Waals surface area contributed by atoms with E-state index in [4.69, 9.17) is 5.73 Å². The van der Waals surface area contributed by atoms with E-state index in [0.29, 0.717) is 12.1 Å². The van der Waals surface area contributed by atoms with E-state index in [0.717, 1.165) is 11.1 Å². The maximum absolute atomic E-state index is 12.1. The molecule has 1 heterocycles. The Bertz CT molecular complexity index is 798. The number of carbonyl (C=O) groups excluding carboxylic acids is 1. The lowest BCUT2D eigenvalue weighted by Gasteiger charge is -2.08. The van der Waals surface area contributed by atoms with E-state index in [2.05, 4.69) is 34.6 Å². The molecule has 0 spiro atoms. The Labute approximate surface area is 135 Å². The zero-order valence-corrected chi connectivity index (χ0v) is 12.6. The lowest BCUT2D eigenvalue weighted by Crippen LogP contribution is -2.24. The maximum atomic E-state index is 12.1. The highest BCUT2D eigenvalue weighted by Crippen LogP contribution is 2.19. The van der Waals surface area contributed by atoms with Crippen molar-refractivity contribution < 1.29 is 4.79 Å². The fraction of sp³-hybridized carbons (Fsp3) is 0.0526. The van der Waals surface area contributed by atoms with Gasteiger partial charge in [0.25, 0.3) is 5.91 Å². The van der Waals surface area contributed by atoms with E-state index in [9.17, 15) is 4.79 Å². The number of carbonyl (C=O) groups is 1. The summed E-state index contributed by atoms with van der Waals surface area (Å²) < 4.78 is 0. The van der Waals surface area contributed by atoms with Crippen molar-refractivity contribution in [3.8, 4) is 11.1 Å². The van der Waals surface area contributed by atoms with Crippen molar-refractivity contribution in [3.63, 3.8) is 0 Å². The Hall–Kier alpha value is -3.14. The first-order valence-electron chi connectivity index (χ1n) is 7.37. The molecule has 0 fully saturated rings. The summed E-state index contributed by atoms with van der Waals surface area (Å²) in [6.45, 7) is 0.447. The van der Waals surface area contributed by atoms with Crippen molar-refractivity contribution >= 4 is 11.7 Å². The van der Waals surface area contributed by atoms with Crippen LogP contribution in [-0.2, 0) is 6.54 Å². The van der Waals surface area contributed by atoms with E-state index in [1.54, 1.807) is 18.3 Å². The third-order valence-electron chi connectivity index (χ3n) is 3.60. The summed E-state index contributed by atoms with van der Waals surface area (Å²) in [6.07, 6.45) is 1.56. The lowest BCUT2D eigenvalue weighted by molar-refractivity contribution is 0.0951. The second-order valence-electron chi connectivity index (χ2n) is 5.18. The molecule has 0 saturated carbocycles. The minimum absolute atomic E-state index is 0.220. The topological polar surface area (TPSA) is 68.0 Å². The molecule has 3 N–H and O–H groups in total. The van der Waals surface area contributed by atoms with Crippen molar-refractivity contribution in [1.29, 1.82) is 0 Å². The summed E-state index contributed by atoms with van der Waals surface area (Å²) in [5.41, 5.74) is 9.45. The van der Waals surface area contributed by atoms with Gasteiger partial charge in [-0.2, -0.15) is 0 Å². The summed E-state index contributed by atoms with van der Waals surface area (Å²) >= 11 is 0. The number of aromatic nitrogens is 1. The molecule has 0 aliphatic rings. The Morgan fingerprint density at radius 2 is 1.61 bits per heavy atom. The van der Waals surface area contributed by atoms with Gasteiger partial charge in [0, 0.05) is 12.7 Å². The molecule has 114 valence electrons. The average molecular weight is 303 g/mol. The number of anilines is 1. The molecule has 3 aromatic rings. The second-order valence-corrected chi connectivity index (χ2v) is 5.18. The number of amides is 1. The zero-order chi connectivity index (χ0) is 16.1. The monoisotopic (exact) mass is 303 g/mol. The molecule has 1 aromatic heterocycles. The van der Waals surface area contributed by atoms with Crippen molar-refractivity contribution in [3.05, 3.63) is 84.1 Å². The third kappa shape index (κ3) is 3.55. The number of pyridine rings is 1. The molecule has 0 unspecified atom stereocenters. The Balaban J connectivity index is 1.65. The van der Waals surface area contributed by atoms with Gasteiger partial charge in [-0.25, -0.2) is 4.98 Å². The third-order valence-corrected chi connectivity index (χ3v) is 3.60. The molecule has 4 nitrogen and oxygen atoms in total. The minimum atomic E-state index is -0.220. The van der Waals surface area contributed by atoms with Crippen LogP contribution in [0, 0.1) is 0 Å². The van der Waals surface area contributed by atoms with Crippen LogP contribution in [-0.4, -0.2) is 10.9 Å². The van der Waals surface area contributed by atoms with Gasteiger partial charge in [0.05, 0.1) is 5.56 Å². The first-order chi connectivity index (χ1) is 11.2. The van der Waals surface area contributed by atoms with Gasteiger partial charge in [-0.05, 0) is 28.8 Å². The van der Waals surface area contributed by atoms with Gasteiger partial charge in [0.1, 0.15) is 5.82 Å². The fourth-order valence-corrected chi connectivity index (χ4v) is 2.33. The Kier molecular flexibility index (Phi) is 4.34. The highest BCUT2D eigenvalue weighted by atomic mass is 16.1. The Morgan fingerprint density at radius 1 is 0.913 bits per heavy atom. The average Bonchev–Trinajstić information content (AvgIpc) is 2.61. The van der Waals surface area contributed by atoms with Crippen LogP contribution in [0.3, 0.4) is 0 Å². The smallest absolute Gasteiger partial charge is 0.255 e. The van der Waals surface area contributed by atoms with Crippen molar-refractivity contribution in [2.24, 2.45) is 0 Å².